The first-order valence-corrected chi connectivity index (χ1v) is 6.56. The molecule has 0 aromatic rings. The van der Waals surface area contributed by atoms with Crippen LogP contribution in [0.5, 0.6) is 0 Å². The highest BCUT2D eigenvalue weighted by Gasteiger charge is 2.35. The van der Waals surface area contributed by atoms with E-state index in [9.17, 15) is 17.2 Å². The van der Waals surface area contributed by atoms with Gasteiger partial charge in [0.1, 0.15) is 0 Å². The van der Waals surface area contributed by atoms with Gasteiger partial charge in [0.25, 0.3) is 0 Å². The van der Waals surface area contributed by atoms with Crippen molar-refractivity contribution in [2.24, 2.45) is 5.92 Å². The van der Waals surface area contributed by atoms with Gasteiger partial charge >= 0.3 is 0 Å². The number of halogens is 3. The fourth-order valence-electron chi connectivity index (χ4n) is 1.55. The van der Waals surface area contributed by atoms with Crippen molar-refractivity contribution in [3.63, 3.8) is 0 Å². The highest BCUT2D eigenvalue weighted by atomic mass is 35.7. The van der Waals surface area contributed by atoms with Crippen molar-refractivity contribution in [2.45, 2.75) is 31.6 Å². The summed E-state index contributed by atoms with van der Waals surface area (Å²) in [5.74, 6) is -2.97. The standard InChI is InChI=1S/C7H11ClF2O2S/c8-13(11,12)5-6-1-3-7(9,10)4-2-6/h6H,1-5H2. The minimum absolute atomic E-state index is 0.176. The molecule has 0 radical (unpaired) electrons. The SMILES string of the molecule is O=S(=O)(Cl)CC1CCC(F)(F)CC1. The third-order valence-corrected chi connectivity index (χ3v) is 3.52. The van der Waals surface area contributed by atoms with Crippen LogP contribution in [0.1, 0.15) is 25.7 Å². The molecule has 0 spiro atoms. The third kappa shape index (κ3) is 4.22. The van der Waals surface area contributed by atoms with E-state index in [1.807, 2.05) is 0 Å². The Balaban J connectivity index is 2.43. The summed E-state index contributed by atoms with van der Waals surface area (Å²) in [4.78, 5) is 0. The summed E-state index contributed by atoms with van der Waals surface area (Å²) < 4.78 is 46.5. The summed E-state index contributed by atoms with van der Waals surface area (Å²) in [7, 11) is 1.49. The van der Waals surface area contributed by atoms with Crippen LogP contribution in [0.4, 0.5) is 8.78 Å². The van der Waals surface area contributed by atoms with E-state index in [2.05, 4.69) is 0 Å². The Morgan fingerprint density at radius 3 is 2.15 bits per heavy atom. The van der Waals surface area contributed by atoms with E-state index in [1.165, 1.54) is 0 Å². The zero-order valence-corrected chi connectivity index (χ0v) is 8.54. The molecule has 2 nitrogen and oxygen atoms in total. The first kappa shape index (κ1) is 11.2. The van der Waals surface area contributed by atoms with E-state index in [0.717, 1.165) is 0 Å². The average Bonchev–Trinajstić information content (AvgIpc) is 1.91. The van der Waals surface area contributed by atoms with E-state index in [0.29, 0.717) is 0 Å². The minimum Gasteiger partial charge on any atom is -0.212 e. The summed E-state index contributed by atoms with van der Waals surface area (Å²) in [6.07, 6.45) is 0.0616. The van der Waals surface area contributed by atoms with Crippen molar-refractivity contribution >= 4 is 19.7 Å². The monoisotopic (exact) mass is 232 g/mol. The van der Waals surface area contributed by atoms with Crippen LogP contribution in [0.25, 0.3) is 0 Å². The summed E-state index contributed by atoms with van der Waals surface area (Å²) in [6, 6.07) is 0. The van der Waals surface area contributed by atoms with E-state index in [4.69, 9.17) is 10.7 Å². The van der Waals surface area contributed by atoms with E-state index in [1.54, 1.807) is 0 Å². The average molecular weight is 233 g/mol. The van der Waals surface area contributed by atoms with Gasteiger partial charge in [0.15, 0.2) is 0 Å². The lowest BCUT2D eigenvalue weighted by Gasteiger charge is -2.27. The van der Waals surface area contributed by atoms with Crippen molar-refractivity contribution < 1.29 is 17.2 Å². The Labute approximate surface area is 80.7 Å². The molecule has 1 saturated carbocycles. The molecule has 6 heteroatoms. The van der Waals surface area contributed by atoms with Gasteiger partial charge in [0.2, 0.25) is 15.0 Å². The normalized spacial score (nSPS) is 24.5. The van der Waals surface area contributed by atoms with E-state index < -0.39 is 15.0 Å². The van der Waals surface area contributed by atoms with Gasteiger partial charge in [-0.05, 0) is 18.8 Å². The lowest BCUT2D eigenvalue weighted by molar-refractivity contribution is -0.0434. The Kier molecular flexibility index (Phi) is 3.17. The topological polar surface area (TPSA) is 34.1 Å². The number of alkyl halides is 2. The van der Waals surface area contributed by atoms with Crippen molar-refractivity contribution in [1.29, 1.82) is 0 Å². The van der Waals surface area contributed by atoms with Crippen molar-refractivity contribution in [2.75, 3.05) is 5.75 Å². The lowest BCUT2D eigenvalue weighted by atomic mass is 9.88. The molecule has 0 aromatic carbocycles. The quantitative estimate of drug-likeness (QED) is 0.685. The zero-order valence-electron chi connectivity index (χ0n) is 6.97. The second kappa shape index (κ2) is 3.69. The lowest BCUT2D eigenvalue weighted by Crippen LogP contribution is -2.27. The smallest absolute Gasteiger partial charge is 0.212 e. The first-order chi connectivity index (χ1) is 5.79. The van der Waals surface area contributed by atoms with E-state index >= 15 is 0 Å². The van der Waals surface area contributed by atoms with Gasteiger partial charge in [0, 0.05) is 23.5 Å². The van der Waals surface area contributed by atoms with Gasteiger partial charge in [-0.1, -0.05) is 0 Å². The fourth-order valence-corrected chi connectivity index (χ4v) is 2.98. The molecular weight excluding hydrogens is 222 g/mol. The van der Waals surface area contributed by atoms with Gasteiger partial charge in [-0.3, -0.25) is 0 Å². The summed E-state index contributed by atoms with van der Waals surface area (Å²) >= 11 is 0. The number of rotatable bonds is 2. The summed E-state index contributed by atoms with van der Waals surface area (Å²) in [5, 5.41) is 0. The van der Waals surface area contributed by atoms with Crippen molar-refractivity contribution in [3.8, 4) is 0 Å². The molecule has 0 bridgehead atoms. The Hall–Kier alpha value is 0.1000. The van der Waals surface area contributed by atoms with Gasteiger partial charge in [-0.25, -0.2) is 17.2 Å². The predicted octanol–water partition coefficient (Wildman–Crippen LogP) is 2.38. The largest absolute Gasteiger partial charge is 0.248 e. The molecule has 13 heavy (non-hydrogen) atoms. The first-order valence-electron chi connectivity index (χ1n) is 4.09. The highest BCUT2D eigenvalue weighted by Crippen LogP contribution is 2.36. The fraction of sp³-hybridized carbons (Fsp3) is 1.00. The maximum atomic E-state index is 12.6. The zero-order chi connectivity index (χ0) is 10.1. The second-order valence-electron chi connectivity index (χ2n) is 3.50. The van der Waals surface area contributed by atoms with Crippen LogP contribution in [0.15, 0.2) is 0 Å². The van der Waals surface area contributed by atoms with Crippen molar-refractivity contribution in [3.05, 3.63) is 0 Å². The van der Waals surface area contributed by atoms with Crippen LogP contribution >= 0.6 is 10.7 Å². The molecule has 0 saturated heterocycles. The van der Waals surface area contributed by atoms with Crippen LogP contribution in [0.3, 0.4) is 0 Å². The Morgan fingerprint density at radius 1 is 1.31 bits per heavy atom. The highest BCUT2D eigenvalue weighted by molar-refractivity contribution is 8.13. The Bertz CT molecular complexity index is 266. The van der Waals surface area contributed by atoms with Gasteiger partial charge in [-0.2, -0.15) is 0 Å². The van der Waals surface area contributed by atoms with Crippen molar-refractivity contribution in [1.82, 2.24) is 0 Å². The summed E-state index contributed by atoms with van der Waals surface area (Å²) in [6.45, 7) is 0. The molecule has 0 aromatic heterocycles. The van der Waals surface area contributed by atoms with Gasteiger partial charge in [0.05, 0.1) is 5.75 Å². The molecule has 78 valence electrons. The Morgan fingerprint density at radius 2 is 1.77 bits per heavy atom. The van der Waals surface area contributed by atoms with E-state index in [-0.39, 0.29) is 37.4 Å². The molecule has 0 unspecified atom stereocenters. The maximum absolute atomic E-state index is 12.6. The molecule has 0 amide bonds. The number of hydrogen-bond acceptors (Lipinski definition) is 2. The molecule has 0 aliphatic heterocycles. The summed E-state index contributed by atoms with van der Waals surface area (Å²) in [5.41, 5.74) is 0. The predicted molar refractivity (Wildman–Crippen MR) is 46.5 cm³/mol. The molecule has 1 aliphatic rings. The van der Waals surface area contributed by atoms with Crippen LogP contribution in [-0.2, 0) is 9.05 Å². The minimum atomic E-state index is -3.53. The molecule has 0 atom stereocenters. The third-order valence-electron chi connectivity index (χ3n) is 2.27. The molecule has 0 heterocycles. The molecular formula is C7H11ClF2O2S. The molecule has 1 fully saturated rings. The van der Waals surface area contributed by atoms with Crippen LogP contribution < -0.4 is 0 Å². The molecule has 0 N–H and O–H groups in total. The van der Waals surface area contributed by atoms with Crippen LogP contribution in [-0.4, -0.2) is 20.1 Å². The van der Waals surface area contributed by atoms with Gasteiger partial charge < -0.3 is 0 Å². The second-order valence-corrected chi connectivity index (χ2v) is 6.33. The van der Waals surface area contributed by atoms with Crippen LogP contribution in [0.2, 0.25) is 0 Å². The van der Waals surface area contributed by atoms with Crippen LogP contribution in [0, 0.1) is 5.92 Å². The molecule has 1 aliphatic carbocycles. The molecule has 1 rings (SSSR count). The number of hydrogen-bond donors (Lipinski definition) is 0. The van der Waals surface area contributed by atoms with Gasteiger partial charge in [-0.15, -0.1) is 0 Å². The maximum Gasteiger partial charge on any atom is 0.248 e.